The minimum atomic E-state index is 0.725. The van der Waals surface area contributed by atoms with Crippen LogP contribution in [0.25, 0.3) is 5.78 Å². The Balaban J connectivity index is 1.88. The van der Waals surface area contributed by atoms with Crippen molar-refractivity contribution in [2.75, 3.05) is 5.32 Å². The number of anilines is 1. The molecule has 0 radical (unpaired) electrons. The number of hydrogen-bond acceptors (Lipinski definition) is 3. The molecule has 0 fully saturated rings. The molecule has 0 aliphatic rings. The van der Waals surface area contributed by atoms with Gasteiger partial charge in [0.05, 0.1) is 5.69 Å². The zero-order chi connectivity index (χ0) is 13.9. The van der Waals surface area contributed by atoms with E-state index in [9.17, 15) is 0 Å². The average Bonchev–Trinajstić information content (AvgIpc) is 2.84. The van der Waals surface area contributed by atoms with E-state index in [1.807, 2.05) is 40.9 Å². The van der Waals surface area contributed by atoms with Crippen LogP contribution in [0.4, 0.5) is 5.82 Å². The minimum absolute atomic E-state index is 0.725. The molecule has 4 nitrogen and oxygen atoms in total. The first-order valence-corrected chi connectivity index (χ1v) is 6.96. The first-order chi connectivity index (χ1) is 9.78. The summed E-state index contributed by atoms with van der Waals surface area (Å²) >= 11 is 5.89. The van der Waals surface area contributed by atoms with Gasteiger partial charge in [-0.3, -0.25) is 4.40 Å². The Morgan fingerprint density at radius 1 is 1.25 bits per heavy atom. The van der Waals surface area contributed by atoms with E-state index in [4.69, 9.17) is 11.6 Å². The number of nitrogens with zero attached hydrogens (tertiary/aromatic N) is 3. The third-order valence-corrected chi connectivity index (χ3v) is 3.44. The third-order valence-electron chi connectivity index (χ3n) is 3.18. The fraction of sp³-hybridized carbons (Fsp3) is 0.200. The van der Waals surface area contributed by atoms with E-state index in [2.05, 4.69) is 22.2 Å². The van der Waals surface area contributed by atoms with Crippen LogP contribution in [-0.2, 0) is 13.0 Å². The molecule has 0 aliphatic heterocycles. The number of aryl methyl sites for hydroxylation is 1. The van der Waals surface area contributed by atoms with Gasteiger partial charge in [-0.25, -0.2) is 9.97 Å². The highest BCUT2D eigenvalue weighted by Gasteiger charge is 2.10. The van der Waals surface area contributed by atoms with Crippen molar-refractivity contribution in [3.63, 3.8) is 0 Å². The predicted molar refractivity (Wildman–Crippen MR) is 81.1 cm³/mol. The van der Waals surface area contributed by atoms with Crippen LogP contribution < -0.4 is 5.32 Å². The number of fused-ring (bicyclic) bond motifs is 1. The van der Waals surface area contributed by atoms with E-state index in [0.717, 1.165) is 35.3 Å². The number of hydrogen-bond donors (Lipinski definition) is 1. The Kier molecular flexibility index (Phi) is 3.56. The van der Waals surface area contributed by atoms with Gasteiger partial charge >= 0.3 is 0 Å². The molecule has 1 N–H and O–H groups in total. The highest BCUT2D eigenvalue weighted by atomic mass is 35.5. The van der Waals surface area contributed by atoms with Gasteiger partial charge in [0, 0.05) is 24.0 Å². The summed E-state index contributed by atoms with van der Waals surface area (Å²) in [6.45, 7) is 2.82. The Hall–Kier alpha value is -2.07. The Morgan fingerprint density at radius 3 is 2.80 bits per heavy atom. The van der Waals surface area contributed by atoms with Crippen molar-refractivity contribution in [3.05, 3.63) is 59.0 Å². The summed E-state index contributed by atoms with van der Waals surface area (Å²) in [6, 6.07) is 9.73. The quantitative estimate of drug-likeness (QED) is 0.797. The topological polar surface area (TPSA) is 42.2 Å². The number of benzene rings is 1. The summed E-state index contributed by atoms with van der Waals surface area (Å²) in [6.07, 6.45) is 4.59. The zero-order valence-electron chi connectivity index (χ0n) is 11.2. The second-order valence-electron chi connectivity index (χ2n) is 4.53. The summed E-state index contributed by atoms with van der Waals surface area (Å²) in [7, 11) is 0. The molecule has 0 aliphatic carbocycles. The Labute approximate surface area is 122 Å². The molecular weight excluding hydrogens is 272 g/mol. The van der Waals surface area contributed by atoms with Crippen molar-refractivity contribution >= 4 is 23.2 Å². The molecule has 1 aromatic carbocycles. The molecule has 20 heavy (non-hydrogen) atoms. The zero-order valence-corrected chi connectivity index (χ0v) is 11.9. The van der Waals surface area contributed by atoms with Crippen LogP contribution in [0.2, 0.25) is 5.02 Å². The molecule has 0 bridgehead atoms. The molecule has 0 unspecified atom stereocenters. The van der Waals surface area contributed by atoms with Gasteiger partial charge in [-0.15, -0.1) is 0 Å². The number of imidazole rings is 1. The van der Waals surface area contributed by atoms with Crippen LogP contribution >= 0.6 is 11.6 Å². The highest BCUT2D eigenvalue weighted by Crippen LogP contribution is 2.18. The lowest BCUT2D eigenvalue weighted by Crippen LogP contribution is -2.04. The van der Waals surface area contributed by atoms with Gasteiger partial charge in [0.2, 0.25) is 5.78 Å². The predicted octanol–water partition coefficient (Wildman–Crippen LogP) is 3.56. The summed E-state index contributed by atoms with van der Waals surface area (Å²) in [5.74, 6) is 1.73. The summed E-state index contributed by atoms with van der Waals surface area (Å²) in [5, 5.41) is 4.19. The maximum atomic E-state index is 5.89. The normalized spacial score (nSPS) is 10.9. The van der Waals surface area contributed by atoms with E-state index in [1.54, 1.807) is 6.20 Å². The second kappa shape index (κ2) is 5.51. The van der Waals surface area contributed by atoms with Crippen molar-refractivity contribution in [3.8, 4) is 0 Å². The van der Waals surface area contributed by atoms with Crippen LogP contribution in [-0.4, -0.2) is 14.4 Å². The Morgan fingerprint density at radius 2 is 2.05 bits per heavy atom. The van der Waals surface area contributed by atoms with E-state index in [-0.39, 0.29) is 0 Å². The maximum absolute atomic E-state index is 5.89. The van der Waals surface area contributed by atoms with Gasteiger partial charge in [0.1, 0.15) is 5.82 Å². The van der Waals surface area contributed by atoms with E-state index in [0.29, 0.717) is 0 Å². The van der Waals surface area contributed by atoms with Crippen LogP contribution in [0, 0.1) is 0 Å². The smallest absolute Gasteiger partial charge is 0.235 e. The molecular formula is C15H15ClN4. The van der Waals surface area contributed by atoms with Crippen LogP contribution in [0.3, 0.4) is 0 Å². The summed E-state index contributed by atoms with van der Waals surface area (Å²) in [5.41, 5.74) is 2.20. The highest BCUT2D eigenvalue weighted by molar-refractivity contribution is 6.30. The largest absolute Gasteiger partial charge is 0.366 e. The molecule has 0 amide bonds. The van der Waals surface area contributed by atoms with Crippen molar-refractivity contribution in [2.24, 2.45) is 0 Å². The maximum Gasteiger partial charge on any atom is 0.235 e. The number of rotatable bonds is 4. The van der Waals surface area contributed by atoms with Crippen LogP contribution in [0.15, 0.2) is 42.7 Å². The summed E-state index contributed by atoms with van der Waals surface area (Å²) < 4.78 is 1.98. The molecule has 3 rings (SSSR count). The lowest BCUT2D eigenvalue weighted by molar-refractivity contribution is 1.03. The van der Waals surface area contributed by atoms with Gasteiger partial charge < -0.3 is 5.32 Å². The van der Waals surface area contributed by atoms with Gasteiger partial charge in [0.15, 0.2) is 0 Å². The van der Waals surface area contributed by atoms with Gasteiger partial charge in [0.25, 0.3) is 0 Å². The molecule has 0 spiro atoms. The molecule has 0 atom stereocenters. The first-order valence-electron chi connectivity index (χ1n) is 6.58. The lowest BCUT2D eigenvalue weighted by atomic mass is 10.2. The molecule has 2 aromatic heterocycles. The van der Waals surface area contributed by atoms with E-state index >= 15 is 0 Å². The fourth-order valence-corrected chi connectivity index (χ4v) is 2.28. The molecule has 5 heteroatoms. The fourth-order valence-electron chi connectivity index (χ4n) is 2.15. The first kappa shape index (κ1) is 12.9. The van der Waals surface area contributed by atoms with Crippen molar-refractivity contribution < 1.29 is 0 Å². The second-order valence-corrected chi connectivity index (χ2v) is 4.97. The van der Waals surface area contributed by atoms with Crippen LogP contribution in [0.1, 0.15) is 18.2 Å². The van der Waals surface area contributed by atoms with Crippen molar-refractivity contribution in [2.45, 2.75) is 19.9 Å². The Bertz CT molecular complexity index is 718. The van der Waals surface area contributed by atoms with Gasteiger partial charge in [-0.1, -0.05) is 30.7 Å². The van der Waals surface area contributed by atoms with Crippen LogP contribution in [0.5, 0.6) is 0 Å². The van der Waals surface area contributed by atoms with E-state index in [1.165, 1.54) is 5.56 Å². The number of nitrogens with one attached hydrogen (secondary N) is 1. The molecule has 3 aromatic rings. The lowest BCUT2D eigenvalue weighted by Gasteiger charge is -2.08. The third kappa shape index (κ3) is 2.47. The monoisotopic (exact) mass is 286 g/mol. The van der Waals surface area contributed by atoms with Gasteiger partial charge in [-0.05, 0) is 30.2 Å². The number of aromatic nitrogens is 3. The molecule has 102 valence electrons. The minimum Gasteiger partial charge on any atom is -0.366 e. The standard InChI is InChI=1S/C15H15ClN4/c1-2-13-14(20-9-3-8-17-15(20)19-13)18-10-11-4-6-12(16)7-5-11/h3-9,18H,2,10H2,1H3. The van der Waals surface area contributed by atoms with E-state index < -0.39 is 0 Å². The molecule has 0 saturated carbocycles. The SMILES string of the molecule is CCc1nc2ncccn2c1NCc1ccc(Cl)cc1. The average molecular weight is 287 g/mol. The summed E-state index contributed by atoms with van der Waals surface area (Å²) in [4.78, 5) is 8.80. The molecule has 0 saturated heterocycles. The van der Waals surface area contributed by atoms with Crippen molar-refractivity contribution in [1.82, 2.24) is 14.4 Å². The number of halogens is 1. The van der Waals surface area contributed by atoms with Crippen molar-refractivity contribution in [1.29, 1.82) is 0 Å². The molecule has 2 heterocycles. The van der Waals surface area contributed by atoms with Gasteiger partial charge in [-0.2, -0.15) is 0 Å².